The van der Waals surface area contributed by atoms with E-state index in [1.54, 1.807) is 0 Å². The number of rotatable bonds is 6. The summed E-state index contributed by atoms with van der Waals surface area (Å²) in [5, 5.41) is 8.36. The molecule has 0 bridgehead atoms. The van der Waals surface area contributed by atoms with Gasteiger partial charge in [0.15, 0.2) is 0 Å². The Kier molecular flexibility index (Phi) is 6.84. The summed E-state index contributed by atoms with van der Waals surface area (Å²) in [6, 6.07) is 64.5. The van der Waals surface area contributed by atoms with Crippen molar-refractivity contribution in [1.29, 1.82) is 0 Å². The molecule has 0 aliphatic carbocycles. The molecule has 0 aliphatic rings. The summed E-state index contributed by atoms with van der Waals surface area (Å²) in [4.78, 5) is 0. The monoisotopic (exact) mass is 613 g/mol. The number of nitrogens with one attached hydrogen (secondary N) is 1. The van der Waals surface area contributed by atoms with Gasteiger partial charge in [-0.2, -0.15) is 0 Å². The molecule has 0 radical (unpaired) electrons. The van der Waals surface area contributed by atoms with Crippen molar-refractivity contribution < 1.29 is 4.42 Å². The molecule has 0 saturated carbocycles. The molecule has 0 spiro atoms. The molecule has 0 unspecified atom stereocenters. The van der Waals surface area contributed by atoms with Crippen LogP contribution in [0.5, 0.6) is 0 Å². The van der Waals surface area contributed by atoms with E-state index in [1.165, 1.54) is 27.6 Å². The lowest BCUT2D eigenvalue weighted by Gasteiger charge is -2.16. The highest BCUT2D eigenvalue weighted by molar-refractivity contribution is 6.19. The Morgan fingerprint density at radius 3 is 1.71 bits per heavy atom. The van der Waals surface area contributed by atoms with Crippen molar-refractivity contribution in [3.63, 3.8) is 0 Å². The molecule has 226 valence electrons. The predicted octanol–water partition coefficient (Wildman–Crippen LogP) is 13.2. The molecule has 1 N–H and O–H groups in total. The average molecular weight is 614 g/mol. The summed E-state index contributed by atoms with van der Waals surface area (Å²) < 4.78 is 6.53. The van der Waals surface area contributed by atoms with Crippen molar-refractivity contribution in [2.24, 2.45) is 0 Å². The van der Waals surface area contributed by atoms with E-state index in [9.17, 15) is 0 Å². The van der Waals surface area contributed by atoms with Crippen LogP contribution in [-0.4, -0.2) is 0 Å². The van der Waals surface area contributed by atoms with Gasteiger partial charge in [-0.1, -0.05) is 152 Å². The first-order valence-corrected chi connectivity index (χ1v) is 16.3. The van der Waals surface area contributed by atoms with Gasteiger partial charge in [-0.05, 0) is 74.7 Å². The summed E-state index contributed by atoms with van der Waals surface area (Å²) in [6.45, 7) is 0. The Morgan fingerprint density at radius 2 is 0.979 bits per heavy atom. The van der Waals surface area contributed by atoms with Gasteiger partial charge in [0.1, 0.15) is 11.2 Å². The zero-order valence-corrected chi connectivity index (χ0v) is 26.2. The molecule has 0 fully saturated rings. The third-order valence-electron chi connectivity index (χ3n) is 9.29. The first-order valence-electron chi connectivity index (χ1n) is 16.3. The van der Waals surface area contributed by atoms with Crippen molar-refractivity contribution in [3.8, 4) is 44.5 Å². The molecule has 8 aromatic carbocycles. The third-order valence-corrected chi connectivity index (χ3v) is 9.29. The Hall–Kier alpha value is -6.38. The van der Waals surface area contributed by atoms with Crippen molar-refractivity contribution in [2.75, 3.05) is 5.32 Å². The molecular formula is C46H31NO. The van der Waals surface area contributed by atoms with E-state index in [1.807, 2.05) is 0 Å². The maximum atomic E-state index is 6.53. The van der Waals surface area contributed by atoms with Gasteiger partial charge in [0.25, 0.3) is 0 Å². The van der Waals surface area contributed by atoms with Crippen LogP contribution in [0, 0.1) is 0 Å². The van der Waals surface area contributed by atoms with Crippen LogP contribution in [0.25, 0.3) is 77.2 Å². The Balaban J connectivity index is 1.17. The van der Waals surface area contributed by atoms with Crippen LogP contribution >= 0.6 is 0 Å². The first kappa shape index (κ1) is 27.9. The molecule has 9 rings (SSSR count). The molecule has 0 saturated heterocycles. The fourth-order valence-electron chi connectivity index (χ4n) is 6.87. The van der Waals surface area contributed by atoms with Crippen LogP contribution in [-0.2, 0) is 0 Å². The lowest BCUT2D eigenvalue weighted by atomic mass is 9.94. The summed E-state index contributed by atoms with van der Waals surface area (Å²) in [7, 11) is 0. The Morgan fingerprint density at radius 1 is 0.375 bits per heavy atom. The lowest BCUT2D eigenvalue weighted by molar-refractivity contribution is 0.673. The predicted molar refractivity (Wildman–Crippen MR) is 203 cm³/mol. The number of anilines is 2. The van der Waals surface area contributed by atoms with E-state index < -0.39 is 0 Å². The smallest absolute Gasteiger partial charge is 0.143 e. The van der Waals surface area contributed by atoms with Crippen LogP contribution in [0.2, 0.25) is 0 Å². The van der Waals surface area contributed by atoms with Gasteiger partial charge >= 0.3 is 0 Å². The van der Waals surface area contributed by atoms with Crippen molar-refractivity contribution in [3.05, 3.63) is 182 Å². The number of hydrogen-bond donors (Lipinski definition) is 1. The highest BCUT2D eigenvalue weighted by Gasteiger charge is 2.16. The molecular weight excluding hydrogens is 583 g/mol. The van der Waals surface area contributed by atoms with Crippen LogP contribution in [0.4, 0.5) is 11.4 Å². The standard InChI is InChI=1S/C46H31NO/c1-3-10-31(11-4-1)33-18-20-36(21-19-33)39-28-25-37(30-43(39)47-38-26-22-34(23-27-38)32-12-5-2-6-13-32)40-16-9-17-44-45(40)42-29-24-35-14-7-8-15-41(35)46(42)48-44/h1-30,47H. The molecule has 0 atom stereocenters. The highest BCUT2D eigenvalue weighted by atomic mass is 16.3. The van der Waals surface area contributed by atoms with E-state index in [4.69, 9.17) is 4.42 Å². The molecule has 0 aliphatic heterocycles. The third kappa shape index (κ3) is 5.01. The topological polar surface area (TPSA) is 25.2 Å². The van der Waals surface area contributed by atoms with Gasteiger partial charge in [0.2, 0.25) is 0 Å². The van der Waals surface area contributed by atoms with Crippen LogP contribution in [0.15, 0.2) is 186 Å². The molecule has 2 nitrogen and oxygen atoms in total. The molecule has 0 amide bonds. The maximum Gasteiger partial charge on any atom is 0.143 e. The van der Waals surface area contributed by atoms with Gasteiger partial charge in [-0.25, -0.2) is 0 Å². The number of benzene rings is 8. The zero-order chi connectivity index (χ0) is 31.9. The van der Waals surface area contributed by atoms with Crippen molar-refractivity contribution in [1.82, 2.24) is 0 Å². The van der Waals surface area contributed by atoms with Gasteiger partial charge in [-0.15, -0.1) is 0 Å². The van der Waals surface area contributed by atoms with Gasteiger partial charge < -0.3 is 9.73 Å². The second kappa shape index (κ2) is 11.8. The Labute approximate surface area is 279 Å². The van der Waals surface area contributed by atoms with E-state index >= 15 is 0 Å². The second-order valence-electron chi connectivity index (χ2n) is 12.2. The van der Waals surface area contributed by atoms with E-state index in [0.29, 0.717) is 0 Å². The van der Waals surface area contributed by atoms with Gasteiger partial charge in [-0.3, -0.25) is 0 Å². The van der Waals surface area contributed by atoms with Crippen molar-refractivity contribution >= 4 is 44.1 Å². The van der Waals surface area contributed by atoms with E-state index in [2.05, 4.69) is 187 Å². The first-order chi connectivity index (χ1) is 23.8. The average Bonchev–Trinajstić information content (AvgIpc) is 3.56. The van der Waals surface area contributed by atoms with Gasteiger partial charge in [0.05, 0.1) is 0 Å². The maximum absolute atomic E-state index is 6.53. The van der Waals surface area contributed by atoms with Gasteiger partial charge in [0, 0.05) is 33.1 Å². The summed E-state index contributed by atoms with van der Waals surface area (Å²) in [6.07, 6.45) is 0. The van der Waals surface area contributed by atoms with Crippen molar-refractivity contribution in [2.45, 2.75) is 0 Å². The Bertz CT molecular complexity index is 2550. The fraction of sp³-hybridized carbons (Fsp3) is 0. The molecule has 2 heteroatoms. The SMILES string of the molecule is c1ccc(-c2ccc(Nc3cc(-c4cccc5oc6c7ccccc7ccc6c45)ccc3-c3ccc(-c4ccccc4)cc3)cc2)cc1. The largest absolute Gasteiger partial charge is 0.455 e. The second-order valence-corrected chi connectivity index (χ2v) is 12.2. The summed E-state index contributed by atoms with van der Waals surface area (Å²) in [5.41, 5.74) is 13.3. The van der Waals surface area contributed by atoms with Crippen LogP contribution in [0.3, 0.4) is 0 Å². The van der Waals surface area contributed by atoms with Crippen LogP contribution in [0.1, 0.15) is 0 Å². The highest BCUT2D eigenvalue weighted by Crippen LogP contribution is 2.42. The lowest BCUT2D eigenvalue weighted by Crippen LogP contribution is -1.95. The molecule has 1 aromatic heterocycles. The number of furan rings is 1. The summed E-state index contributed by atoms with van der Waals surface area (Å²) in [5.74, 6) is 0. The zero-order valence-electron chi connectivity index (χ0n) is 26.2. The minimum absolute atomic E-state index is 0.894. The summed E-state index contributed by atoms with van der Waals surface area (Å²) >= 11 is 0. The molecule has 9 aromatic rings. The van der Waals surface area contributed by atoms with E-state index in [-0.39, 0.29) is 0 Å². The normalized spacial score (nSPS) is 11.3. The number of fused-ring (bicyclic) bond motifs is 5. The molecule has 48 heavy (non-hydrogen) atoms. The van der Waals surface area contributed by atoms with Crippen LogP contribution < -0.4 is 5.32 Å². The molecule has 1 heterocycles. The minimum Gasteiger partial charge on any atom is -0.455 e. The fourth-order valence-corrected chi connectivity index (χ4v) is 6.87. The minimum atomic E-state index is 0.894. The number of hydrogen-bond acceptors (Lipinski definition) is 2. The quantitative estimate of drug-likeness (QED) is 0.202. The van der Waals surface area contributed by atoms with E-state index in [0.717, 1.165) is 61.0 Å².